The van der Waals surface area contributed by atoms with Crippen molar-refractivity contribution in [2.45, 2.75) is 38.3 Å². The van der Waals surface area contributed by atoms with Gasteiger partial charge in [-0.3, -0.25) is 4.79 Å². The van der Waals surface area contributed by atoms with Crippen LogP contribution in [0.5, 0.6) is 5.88 Å². The fourth-order valence-corrected chi connectivity index (χ4v) is 5.24. The van der Waals surface area contributed by atoms with E-state index >= 15 is 0 Å². The lowest BCUT2D eigenvalue weighted by molar-refractivity contribution is 0.0924. The number of carbonyl (C=O) groups is 1. The van der Waals surface area contributed by atoms with Gasteiger partial charge in [0, 0.05) is 16.6 Å². The molecule has 0 radical (unpaired) electrons. The van der Waals surface area contributed by atoms with E-state index in [1.807, 2.05) is 0 Å². The van der Waals surface area contributed by atoms with E-state index in [1.165, 1.54) is 18.5 Å². The number of ether oxygens (including phenoxy) is 1. The molecular weight excluding hydrogens is 417 g/mol. The van der Waals surface area contributed by atoms with Crippen LogP contribution in [0.2, 0.25) is 5.02 Å². The number of amides is 1. The van der Waals surface area contributed by atoms with Crippen molar-refractivity contribution in [1.29, 1.82) is 0 Å². The lowest BCUT2D eigenvalue weighted by atomic mass is 10.00. The second kappa shape index (κ2) is 8.08. The number of rotatable bonds is 6. The van der Waals surface area contributed by atoms with Gasteiger partial charge in [0.25, 0.3) is 5.91 Å². The topological polar surface area (TPSA) is 64.1 Å². The molecule has 7 heteroatoms. The highest BCUT2D eigenvalue weighted by molar-refractivity contribution is 6.30. The van der Waals surface area contributed by atoms with E-state index in [-0.39, 0.29) is 23.9 Å². The minimum atomic E-state index is -0.330. The normalized spacial score (nSPS) is 25.1. The highest BCUT2D eigenvalue weighted by atomic mass is 35.5. The van der Waals surface area contributed by atoms with Gasteiger partial charge in [0.2, 0.25) is 5.88 Å². The molecule has 2 aliphatic carbocycles. The predicted molar refractivity (Wildman–Crippen MR) is 117 cm³/mol. The van der Waals surface area contributed by atoms with E-state index in [9.17, 15) is 9.18 Å². The maximum Gasteiger partial charge on any atom is 0.251 e. The molecule has 0 bridgehead atoms. The van der Waals surface area contributed by atoms with Gasteiger partial charge in [0.1, 0.15) is 18.2 Å². The Balaban J connectivity index is 1.21. The highest BCUT2D eigenvalue weighted by Gasteiger charge is 2.59. The molecule has 160 valence electrons. The molecule has 1 N–H and O–H groups in total. The molecule has 0 spiro atoms. The Morgan fingerprint density at radius 3 is 2.65 bits per heavy atom. The van der Waals surface area contributed by atoms with Crippen LogP contribution in [0.15, 0.2) is 48.8 Å². The van der Waals surface area contributed by atoms with E-state index in [0.717, 1.165) is 19.3 Å². The zero-order valence-electron chi connectivity index (χ0n) is 17.1. The van der Waals surface area contributed by atoms with Gasteiger partial charge < -0.3 is 10.1 Å². The predicted octanol–water partition coefficient (Wildman–Crippen LogP) is 5.03. The summed E-state index contributed by atoms with van der Waals surface area (Å²) in [6.45, 7) is 2.11. The second-order valence-corrected chi connectivity index (χ2v) is 8.89. The number of carbonyl (C=O) groups excluding carboxylic acids is 1. The Hall–Kier alpha value is -2.73. The van der Waals surface area contributed by atoms with Crippen molar-refractivity contribution in [2.75, 3.05) is 0 Å². The van der Waals surface area contributed by atoms with Gasteiger partial charge in [0.05, 0.1) is 10.9 Å². The third-order valence-corrected chi connectivity index (χ3v) is 6.89. The van der Waals surface area contributed by atoms with Crippen molar-refractivity contribution in [3.05, 3.63) is 65.2 Å². The Kier molecular flexibility index (Phi) is 5.26. The van der Waals surface area contributed by atoms with Gasteiger partial charge in [-0.2, -0.15) is 0 Å². The van der Waals surface area contributed by atoms with Crippen molar-refractivity contribution in [2.24, 2.45) is 17.8 Å². The Bertz CT molecular complexity index is 1110. The van der Waals surface area contributed by atoms with Gasteiger partial charge >= 0.3 is 0 Å². The first kappa shape index (κ1) is 20.2. The zero-order chi connectivity index (χ0) is 21.5. The first-order valence-corrected chi connectivity index (χ1v) is 11.0. The third-order valence-electron chi connectivity index (χ3n) is 6.63. The van der Waals surface area contributed by atoms with Gasteiger partial charge in [-0.25, -0.2) is 14.4 Å². The summed E-state index contributed by atoms with van der Waals surface area (Å²) in [5, 5.41) is 4.42. The summed E-state index contributed by atoms with van der Waals surface area (Å²) in [7, 11) is 0. The summed E-state index contributed by atoms with van der Waals surface area (Å²) in [5.41, 5.74) is 1.29. The molecule has 5 atom stereocenters. The molecule has 5 nitrogen and oxygen atoms in total. The van der Waals surface area contributed by atoms with E-state index in [1.54, 1.807) is 30.3 Å². The minimum Gasteiger partial charge on any atom is -0.474 e. The molecule has 31 heavy (non-hydrogen) atoms. The SMILES string of the molecule is CCC(NC(=O)c1ccc(Cl)cc1)[C@H]1[C@@H]2C[C@@H](Oc3ncnc4ccc(F)cc34)C[C@@H]21. The summed E-state index contributed by atoms with van der Waals surface area (Å²) in [4.78, 5) is 21.0. The zero-order valence-corrected chi connectivity index (χ0v) is 17.8. The molecule has 2 aliphatic rings. The smallest absolute Gasteiger partial charge is 0.251 e. The minimum absolute atomic E-state index is 0.0529. The molecule has 1 unspecified atom stereocenters. The summed E-state index contributed by atoms with van der Waals surface area (Å²) in [5.74, 6) is 1.59. The Morgan fingerprint density at radius 2 is 1.94 bits per heavy atom. The number of hydrogen-bond acceptors (Lipinski definition) is 4. The van der Waals surface area contributed by atoms with Gasteiger partial charge in [0.15, 0.2) is 0 Å². The van der Waals surface area contributed by atoms with Crippen LogP contribution in [0, 0.1) is 23.6 Å². The van der Waals surface area contributed by atoms with Crippen LogP contribution >= 0.6 is 11.6 Å². The average molecular weight is 440 g/mol. The summed E-state index contributed by atoms with van der Waals surface area (Å²) >= 11 is 5.92. The largest absolute Gasteiger partial charge is 0.474 e. The van der Waals surface area contributed by atoms with Crippen LogP contribution in [0.4, 0.5) is 4.39 Å². The van der Waals surface area contributed by atoms with E-state index in [2.05, 4.69) is 22.2 Å². The van der Waals surface area contributed by atoms with Crippen LogP contribution in [-0.4, -0.2) is 28.0 Å². The van der Waals surface area contributed by atoms with Crippen molar-refractivity contribution >= 4 is 28.4 Å². The molecule has 2 aromatic carbocycles. The Morgan fingerprint density at radius 1 is 1.19 bits per heavy atom. The molecule has 5 rings (SSSR count). The maximum absolute atomic E-state index is 13.7. The van der Waals surface area contributed by atoms with E-state index < -0.39 is 0 Å². The number of halogens is 2. The molecule has 2 saturated carbocycles. The lowest BCUT2D eigenvalue weighted by Crippen LogP contribution is -2.37. The first-order chi connectivity index (χ1) is 15.0. The van der Waals surface area contributed by atoms with Gasteiger partial charge in [-0.1, -0.05) is 18.5 Å². The average Bonchev–Trinajstić information content (AvgIpc) is 3.26. The summed E-state index contributed by atoms with van der Waals surface area (Å²) in [6.07, 6.45) is 4.23. The van der Waals surface area contributed by atoms with E-state index in [0.29, 0.717) is 45.1 Å². The maximum atomic E-state index is 13.7. The molecule has 1 amide bonds. The third kappa shape index (κ3) is 3.97. The van der Waals surface area contributed by atoms with E-state index in [4.69, 9.17) is 16.3 Å². The van der Waals surface area contributed by atoms with Crippen LogP contribution < -0.4 is 10.1 Å². The molecule has 0 aliphatic heterocycles. The van der Waals surface area contributed by atoms with Crippen LogP contribution in [0.25, 0.3) is 10.9 Å². The monoisotopic (exact) mass is 439 g/mol. The van der Waals surface area contributed by atoms with Crippen molar-refractivity contribution in [1.82, 2.24) is 15.3 Å². The molecule has 3 aromatic rings. The number of nitrogens with zero attached hydrogens (tertiary/aromatic N) is 2. The lowest BCUT2D eigenvalue weighted by Gasteiger charge is -2.22. The molecule has 2 fully saturated rings. The number of fused-ring (bicyclic) bond motifs is 2. The van der Waals surface area contributed by atoms with Crippen molar-refractivity contribution in [3.8, 4) is 5.88 Å². The number of nitrogens with one attached hydrogen (secondary N) is 1. The van der Waals surface area contributed by atoms with Crippen molar-refractivity contribution < 1.29 is 13.9 Å². The van der Waals surface area contributed by atoms with Crippen LogP contribution in [-0.2, 0) is 0 Å². The summed E-state index contributed by atoms with van der Waals surface area (Å²) < 4.78 is 19.8. The molecule has 1 heterocycles. The standard InChI is InChI=1S/C24H23ClFN3O2/c1-2-20(29-23(30)13-3-5-14(25)6-4-13)22-17-10-16(11-18(17)22)31-24-19-9-15(26)7-8-21(19)27-12-28-24/h3-9,12,16-18,20,22H,2,10-11H2,1H3,(H,29,30)/t16-,17-,18+,20?,22+. The van der Waals surface area contributed by atoms with Gasteiger partial charge in [-0.15, -0.1) is 0 Å². The quantitative estimate of drug-likeness (QED) is 0.584. The van der Waals surface area contributed by atoms with Crippen molar-refractivity contribution in [3.63, 3.8) is 0 Å². The number of hydrogen-bond donors (Lipinski definition) is 1. The molecular formula is C24H23ClFN3O2. The summed E-state index contributed by atoms with van der Waals surface area (Å²) in [6, 6.07) is 11.5. The number of aromatic nitrogens is 2. The van der Waals surface area contributed by atoms with Crippen LogP contribution in [0.3, 0.4) is 0 Å². The second-order valence-electron chi connectivity index (χ2n) is 8.45. The fourth-order valence-electron chi connectivity index (χ4n) is 5.12. The first-order valence-electron chi connectivity index (χ1n) is 10.7. The van der Waals surface area contributed by atoms with Gasteiger partial charge in [-0.05, 0) is 79.5 Å². The van der Waals surface area contributed by atoms with Crippen LogP contribution in [0.1, 0.15) is 36.5 Å². The number of benzene rings is 2. The fraction of sp³-hybridized carbons (Fsp3) is 0.375. The highest BCUT2D eigenvalue weighted by Crippen LogP contribution is 2.60. The Labute approximate surface area is 185 Å². The molecule has 0 saturated heterocycles. The molecule has 1 aromatic heterocycles.